The molecule has 1 amide bonds. The fourth-order valence-corrected chi connectivity index (χ4v) is 2.00. The van der Waals surface area contributed by atoms with E-state index in [1.165, 1.54) is 0 Å². The summed E-state index contributed by atoms with van der Waals surface area (Å²) in [5.41, 5.74) is 0. The van der Waals surface area contributed by atoms with E-state index in [0.717, 1.165) is 26.2 Å². The minimum absolute atomic E-state index is 0.0633. The fraction of sp³-hybridized carbons (Fsp3) is 0.750. The number of nitrogens with zero attached hydrogens (tertiary/aromatic N) is 2. The van der Waals surface area contributed by atoms with Gasteiger partial charge in [-0.3, -0.25) is 9.69 Å². The second-order valence-corrected chi connectivity index (χ2v) is 5.44. The maximum absolute atomic E-state index is 12.0. The normalized spacial score (nSPS) is 19.6. The van der Waals surface area contributed by atoms with E-state index in [0.29, 0.717) is 12.5 Å². The average Bonchev–Trinajstić information content (AvgIpc) is 2.28. The molecule has 1 aliphatic rings. The Morgan fingerprint density at radius 1 is 1.38 bits per heavy atom. The van der Waals surface area contributed by atoms with Crippen LogP contribution in [0.5, 0.6) is 0 Å². The largest absolute Gasteiger partial charge is 0.339 e. The molecule has 0 aromatic carbocycles. The highest BCUT2D eigenvalue weighted by atomic mass is 79.9. The van der Waals surface area contributed by atoms with Crippen molar-refractivity contribution < 1.29 is 4.79 Å². The number of alkyl halides is 1. The maximum Gasteiger partial charge on any atom is 0.236 e. The van der Waals surface area contributed by atoms with E-state index in [-0.39, 0.29) is 10.7 Å². The number of carbonyl (C=O) groups is 1. The van der Waals surface area contributed by atoms with Gasteiger partial charge in [0.15, 0.2) is 0 Å². The molecule has 90 valence electrons. The number of rotatable bonds is 3. The third-order valence-electron chi connectivity index (χ3n) is 2.82. The molecule has 1 fully saturated rings. The van der Waals surface area contributed by atoms with Gasteiger partial charge in [-0.15, -0.1) is 6.42 Å². The van der Waals surface area contributed by atoms with Crippen LogP contribution in [0.2, 0.25) is 0 Å². The molecule has 1 saturated heterocycles. The second kappa shape index (κ2) is 6.27. The summed E-state index contributed by atoms with van der Waals surface area (Å²) in [6.45, 7) is 8.12. The zero-order chi connectivity index (χ0) is 12.1. The topological polar surface area (TPSA) is 23.6 Å². The van der Waals surface area contributed by atoms with E-state index >= 15 is 0 Å². The molecule has 1 rings (SSSR count). The third-order valence-corrected chi connectivity index (χ3v) is 4.27. The predicted octanol–water partition coefficient (Wildman–Crippen LogP) is 1.18. The number of halogens is 1. The van der Waals surface area contributed by atoms with E-state index in [9.17, 15) is 4.79 Å². The van der Waals surface area contributed by atoms with Crippen LogP contribution < -0.4 is 0 Å². The summed E-state index contributed by atoms with van der Waals surface area (Å²) in [6, 6.07) is 0. The molecule has 0 spiro atoms. The summed E-state index contributed by atoms with van der Waals surface area (Å²) in [7, 11) is 0. The van der Waals surface area contributed by atoms with Crippen molar-refractivity contribution in [3.05, 3.63) is 0 Å². The summed E-state index contributed by atoms with van der Waals surface area (Å²) in [6.07, 6.45) is 5.26. The van der Waals surface area contributed by atoms with Crippen molar-refractivity contribution in [2.45, 2.75) is 18.7 Å². The van der Waals surface area contributed by atoms with Crippen LogP contribution in [-0.4, -0.2) is 53.3 Å². The lowest BCUT2D eigenvalue weighted by atomic mass is 10.1. The molecule has 1 unspecified atom stereocenters. The van der Waals surface area contributed by atoms with Crippen LogP contribution in [0, 0.1) is 18.3 Å². The first-order valence-electron chi connectivity index (χ1n) is 5.65. The van der Waals surface area contributed by atoms with Gasteiger partial charge in [0, 0.05) is 26.2 Å². The monoisotopic (exact) mass is 286 g/mol. The summed E-state index contributed by atoms with van der Waals surface area (Å²) < 4.78 is 0. The predicted molar refractivity (Wildman–Crippen MR) is 69.4 cm³/mol. The van der Waals surface area contributed by atoms with E-state index < -0.39 is 0 Å². The van der Waals surface area contributed by atoms with Gasteiger partial charge in [-0.1, -0.05) is 35.7 Å². The Morgan fingerprint density at radius 2 is 1.94 bits per heavy atom. The van der Waals surface area contributed by atoms with Crippen LogP contribution in [0.4, 0.5) is 0 Å². The van der Waals surface area contributed by atoms with Crippen LogP contribution in [-0.2, 0) is 4.79 Å². The molecule has 16 heavy (non-hydrogen) atoms. The van der Waals surface area contributed by atoms with Gasteiger partial charge in [-0.2, -0.15) is 0 Å². The molecule has 4 heteroatoms. The van der Waals surface area contributed by atoms with Crippen molar-refractivity contribution in [2.75, 3.05) is 32.7 Å². The second-order valence-electron chi connectivity index (χ2n) is 4.45. The van der Waals surface area contributed by atoms with Crippen LogP contribution in [0.15, 0.2) is 0 Å². The lowest BCUT2D eigenvalue weighted by Gasteiger charge is -2.35. The first-order chi connectivity index (χ1) is 7.56. The van der Waals surface area contributed by atoms with Gasteiger partial charge in [0.05, 0.1) is 11.4 Å². The number of amides is 1. The van der Waals surface area contributed by atoms with Gasteiger partial charge in [0.1, 0.15) is 0 Å². The van der Waals surface area contributed by atoms with Crippen LogP contribution in [0.25, 0.3) is 0 Å². The Hall–Kier alpha value is -0.530. The van der Waals surface area contributed by atoms with Gasteiger partial charge in [-0.25, -0.2) is 0 Å². The number of piperazine rings is 1. The highest BCUT2D eigenvalue weighted by Gasteiger charge is 2.27. The lowest BCUT2D eigenvalue weighted by molar-refractivity contribution is -0.132. The zero-order valence-corrected chi connectivity index (χ0v) is 11.5. The van der Waals surface area contributed by atoms with E-state index in [1.807, 2.05) is 18.7 Å². The van der Waals surface area contributed by atoms with Gasteiger partial charge in [-0.05, 0) is 5.92 Å². The highest BCUT2D eigenvalue weighted by molar-refractivity contribution is 9.10. The molecule has 1 atom stereocenters. The van der Waals surface area contributed by atoms with Crippen LogP contribution in [0.1, 0.15) is 13.8 Å². The summed E-state index contributed by atoms with van der Waals surface area (Å²) in [5, 5.41) is 0. The maximum atomic E-state index is 12.0. The Balaban J connectivity index is 2.42. The molecular formula is C12H19BrN2O. The van der Waals surface area contributed by atoms with Gasteiger partial charge in [0.2, 0.25) is 5.91 Å². The lowest BCUT2D eigenvalue weighted by Crippen LogP contribution is -2.51. The Bertz CT molecular complexity index is 277. The molecule has 3 nitrogen and oxygen atoms in total. The van der Waals surface area contributed by atoms with Crippen molar-refractivity contribution in [3.63, 3.8) is 0 Å². The Labute approximate surface area is 106 Å². The van der Waals surface area contributed by atoms with Crippen molar-refractivity contribution in [1.29, 1.82) is 0 Å². The Kier molecular flexibility index (Phi) is 5.30. The molecular weight excluding hydrogens is 268 g/mol. The van der Waals surface area contributed by atoms with Crippen molar-refractivity contribution >= 4 is 21.8 Å². The molecule has 0 N–H and O–H groups in total. The highest BCUT2D eigenvalue weighted by Crippen LogP contribution is 2.16. The number of hydrogen-bond donors (Lipinski definition) is 0. The molecule has 0 aliphatic carbocycles. The van der Waals surface area contributed by atoms with E-state index in [1.54, 1.807) is 0 Å². The van der Waals surface area contributed by atoms with Gasteiger partial charge in [0.25, 0.3) is 0 Å². The molecule has 0 aromatic heterocycles. The molecule has 0 aromatic rings. The number of hydrogen-bond acceptors (Lipinski definition) is 2. The zero-order valence-electron chi connectivity index (χ0n) is 9.95. The van der Waals surface area contributed by atoms with Gasteiger partial charge < -0.3 is 4.90 Å². The average molecular weight is 287 g/mol. The first-order valence-corrected chi connectivity index (χ1v) is 6.56. The SMILES string of the molecule is C#CCN1CCN(C(=O)C(Br)C(C)C)CC1. The summed E-state index contributed by atoms with van der Waals surface area (Å²) in [4.78, 5) is 16.1. The minimum Gasteiger partial charge on any atom is -0.339 e. The molecule has 1 heterocycles. The van der Waals surface area contributed by atoms with E-state index in [4.69, 9.17) is 6.42 Å². The first kappa shape index (κ1) is 13.5. The number of terminal acetylenes is 1. The number of carbonyl (C=O) groups excluding carboxylic acids is 1. The van der Waals surface area contributed by atoms with Crippen molar-refractivity contribution in [1.82, 2.24) is 9.80 Å². The third kappa shape index (κ3) is 3.50. The van der Waals surface area contributed by atoms with Gasteiger partial charge >= 0.3 is 0 Å². The molecule has 0 radical (unpaired) electrons. The summed E-state index contributed by atoms with van der Waals surface area (Å²) in [5.74, 6) is 3.17. The van der Waals surface area contributed by atoms with Crippen LogP contribution >= 0.6 is 15.9 Å². The minimum atomic E-state index is -0.0633. The van der Waals surface area contributed by atoms with Crippen LogP contribution in [0.3, 0.4) is 0 Å². The van der Waals surface area contributed by atoms with E-state index in [2.05, 4.69) is 26.8 Å². The Morgan fingerprint density at radius 3 is 2.38 bits per heavy atom. The summed E-state index contributed by atoms with van der Waals surface area (Å²) >= 11 is 3.45. The smallest absolute Gasteiger partial charge is 0.236 e. The van der Waals surface area contributed by atoms with Crippen molar-refractivity contribution in [2.24, 2.45) is 5.92 Å². The molecule has 0 saturated carbocycles. The standard InChI is InChI=1S/C12H19BrN2O/c1-4-5-14-6-8-15(9-7-14)12(16)11(13)10(2)3/h1,10-11H,5-9H2,2-3H3. The fourth-order valence-electron chi connectivity index (χ4n) is 1.72. The quantitative estimate of drug-likeness (QED) is 0.575. The molecule has 0 bridgehead atoms. The van der Waals surface area contributed by atoms with Crippen molar-refractivity contribution in [3.8, 4) is 12.3 Å². The molecule has 1 aliphatic heterocycles.